The van der Waals surface area contributed by atoms with Crippen molar-refractivity contribution < 1.29 is 4.79 Å². The number of imidazole rings is 1. The van der Waals surface area contributed by atoms with Crippen LogP contribution in [-0.4, -0.2) is 20.2 Å². The minimum Gasteiger partial charge on any atom is -0.337 e. The van der Waals surface area contributed by atoms with Crippen molar-refractivity contribution in [3.63, 3.8) is 0 Å². The van der Waals surface area contributed by atoms with Crippen LogP contribution in [0.3, 0.4) is 0 Å². The van der Waals surface area contributed by atoms with Gasteiger partial charge in [-0.15, -0.1) is 11.3 Å². The fraction of sp³-hybridized carbons (Fsp3) is 0.0870. The summed E-state index contributed by atoms with van der Waals surface area (Å²) in [6.07, 6.45) is 1.84. The van der Waals surface area contributed by atoms with Crippen LogP contribution in [0.1, 0.15) is 16.7 Å². The van der Waals surface area contributed by atoms with Gasteiger partial charge in [0.15, 0.2) is 0 Å². The lowest BCUT2D eigenvalue weighted by atomic mass is 10.1. The number of benzene rings is 2. The van der Waals surface area contributed by atoms with Gasteiger partial charge in [-0.1, -0.05) is 48.2 Å². The van der Waals surface area contributed by atoms with Gasteiger partial charge in [0.2, 0.25) is 0 Å². The lowest BCUT2D eigenvalue weighted by molar-refractivity contribution is -0.115. The zero-order valence-corrected chi connectivity index (χ0v) is 18.7. The first-order chi connectivity index (χ1) is 14.5. The van der Waals surface area contributed by atoms with E-state index in [4.69, 9.17) is 17.2 Å². The highest BCUT2D eigenvalue weighted by molar-refractivity contribution is 8.26. The lowest BCUT2D eigenvalue weighted by Gasteiger charge is -2.02. The summed E-state index contributed by atoms with van der Waals surface area (Å²) in [5.41, 5.74) is 6.57. The molecular weight excluding hydrogens is 430 g/mol. The Balaban J connectivity index is 1.46. The molecule has 7 heteroatoms. The Morgan fingerprint density at radius 3 is 2.60 bits per heavy atom. The highest BCUT2D eigenvalue weighted by atomic mass is 32.2. The summed E-state index contributed by atoms with van der Waals surface area (Å²) in [7, 11) is 0. The first-order valence-electron chi connectivity index (χ1n) is 9.39. The van der Waals surface area contributed by atoms with Crippen molar-refractivity contribution in [1.82, 2.24) is 15.3 Å². The fourth-order valence-electron chi connectivity index (χ4n) is 3.32. The number of thiocarbonyl (C=S) groups is 1. The van der Waals surface area contributed by atoms with Crippen LogP contribution in [0.4, 0.5) is 0 Å². The quantitative estimate of drug-likeness (QED) is 0.296. The fourth-order valence-corrected chi connectivity index (χ4v) is 5.31. The molecule has 0 atom stereocenters. The van der Waals surface area contributed by atoms with Gasteiger partial charge in [-0.05, 0) is 66.4 Å². The molecule has 2 aromatic heterocycles. The molecule has 1 aliphatic rings. The Hall–Kier alpha value is -2.74. The summed E-state index contributed by atoms with van der Waals surface area (Å²) in [6, 6.07) is 16.8. The minimum absolute atomic E-state index is 0.148. The van der Waals surface area contributed by atoms with Crippen LogP contribution in [0, 0.1) is 13.8 Å². The molecule has 2 N–H and O–H groups in total. The molecule has 1 saturated heterocycles. The van der Waals surface area contributed by atoms with Crippen LogP contribution in [0.5, 0.6) is 0 Å². The van der Waals surface area contributed by atoms with Gasteiger partial charge in [-0.3, -0.25) is 4.79 Å². The maximum Gasteiger partial charge on any atom is 0.263 e. The summed E-state index contributed by atoms with van der Waals surface area (Å²) in [6.45, 7) is 4.27. The van der Waals surface area contributed by atoms with Gasteiger partial charge in [0, 0.05) is 4.88 Å². The predicted octanol–water partition coefficient (Wildman–Crippen LogP) is 6.06. The van der Waals surface area contributed by atoms with E-state index in [1.807, 2.05) is 24.3 Å². The van der Waals surface area contributed by atoms with Gasteiger partial charge in [0.05, 0.1) is 20.8 Å². The average molecular weight is 448 g/mol. The monoisotopic (exact) mass is 447 g/mol. The van der Waals surface area contributed by atoms with E-state index in [-0.39, 0.29) is 5.91 Å². The molecule has 4 nitrogen and oxygen atoms in total. The smallest absolute Gasteiger partial charge is 0.263 e. The Kier molecular flexibility index (Phi) is 4.81. The van der Waals surface area contributed by atoms with E-state index in [0.717, 1.165) is 27.3 Å². The van der Waals surface area contributed by atoms with Gasteiger partial charge in [-0.25, -0.2) is 4.98 Å². The summed E-state index contributed by atoms with van der Waals surface area (Å²) in [5, 5.41) is 2.64. The second-order valence-corrected chi connectivity index (χ2v) is 9.98. The Morgan fingerprint density at radius 1 is 1.00 bits per heavy atom. The predicted molar refractivity (Wildman–Crippen MR) is 131 cm³/mol. The number of rotatable bonds is 3. The number of nitrogens with one attached hydrogen (secondary N) is 2. The molecule has 0 saturated carbocycles. The Labute approximate surface area is 187 Å². The van der Waals surface area contributed by atoms with Crippen molar-refractivity contribution in [2.75, 3.05) is 0 Å². The number of aromatic amines is 1. The molecule has 1 aliphatic heterocycles. The third-order valence-corrected chi connectivity index (χ3v) is 7.38. The maximum absolute atomic E-state index is 11.9. The number of fused-ring (bicyclic) bond motifs is 1. The van der Waals surface area contributed by atoms with E-state index in [0.29, 0.717) is 9.23 Å². The first-order valence-corrected chi connectivity index (χ1v) is 11.4. The van der Waals surface area contributed by atoms with Crippen molar-refractivity contribution >= 4 is 62.7 Å². The van der Waals surface area contributed by atoms with Gasteiger partial charge in [0.1, 0.15) is 10.1 Å². The highest BCUT2D eigenvalue weighted by Gasteiger charge is 2.22. The molecule has 148 valence electrons. The molecule has 0 bridgehead atoms. The van der Waals surface area contributed by atoms with E-state index in [1.165, 1.54) is 33.3 Å². The standard InChI is InChI=1S/C23H17N3OS3/c1-12-3-5-15(9-13(12)2)18-7-8-19(29-18)21-24-16-6-4-14(10-17(16)25-21)11-20-22(27)26-23(28)30-20/h3-11H,1-2H3,(H,24,25)(H,26,27,28)/b20-11+. The van der Waals surface area contributed by atoms with Crippen molar-refractivity contribution in [1.29, 1.82) is 0 Å². The number of thiophene rings is 1. The van der Waals surface area contributed by atoms with Crippen LogP contribution in [0.2, 0.25) is 0 Å². The molecule has 0 spiro atoms. The van der Waals surface area contributed by atoms with E-state index in [1.54, 1.807) is 11.3 Å². The summed E-state index contributed by atoms with van der Waals surface area (Å²) >= 11 is 8.06. The molecule has 1 amide bonds. The zero-order chi connectivity index (χ0) is 20.8. The van der Waals surface area contributed by atoms with Crippen LogP contribution >= 0.6 is 35.3 Å². The number of H-pyrrole nitrogens is 1. The van der Waals surface area contributed by atoms with E-state index in [9.17, 15) is 4.79 Å². The lowest BCUT2D eigenvalue weighted by Crippen LogP contribution is -2.17. The zero-order valence-electron chi connectivity index (χ0n) is 16.3. The van der Waals surface area contributed by atoms with Crippen LogP contribution in [0.15, 0.2) is 53.4 Å². The van der Waals surface area contributed by atoms with Gasteiger partial charge < -0.3 is 10.3 Å². The molecular formula is C23H17N3OS3. The molecule has 0 aliphatic carbocycles. The summed E-state index contributed by atoms with van der Waals surface area (Å²) < 4.78 is 0.492. The normalized spacial score (nSPS) is 15.3. The molecule has 0 radical (unpaired) electrons. The number of amides is 1. The number of aryl methyl sites for hydroxylation is 2. The third kappa shape index (κ3) is 3.60. The van der Waals surface area contributed by atoms with E-state index >= 15 is 0 Å². The van der Waals surface area contributed by atoms with Gasteiger partial charge >= 0.3 is 0 Å². The number of hydrogen-bond acceptors (Lipinski definition) is 5. The SMILES string of the molecule is Cc1ccc(-c2ccc(-c3nc4cc(/C=C5/SC(=S)NC5=O)ccc4[nH]3)s2)cc1C. The number of carbonyl (C=O) groups is 1. The van der Waals surface area contributed by atoms with E-state index in [2.05, 4.69) is 54.5 Å². The van der Waals surface area contributed by atoms with Crippen molar-refractivity contribution in [3.8, 4) is 21.1 Å². The Bertz CT molecular complexity index is 1360. The van der Waals surface area contributed by atoms with E-state index < -0.39 is 0 Å². The number of thioether (sulfide) groups is 1. The number of hydrogen-bond donors (Lipinski definition) is 2. The average Bonchev–Trinajstić information content (AvgIpc) is 3.42. The number of carbonyl (C=O) groups excluding carboxylic acids is 1. The Morgan fingerprint density at radius 2 is 1.83 bits per heavy atom. The highest BCUT2D eigenvalue weighted by Crippen LogP contribution is 2.35. The maximum atomic E-state index is 11.9. The van der Waals surface area contributed by atoms with Crippen LogP contribution < -0.4 is 5.32 Å². The summed E-state index contributed by atoms with van der Waals surface area (Å²) in [5.74, 6) is 0.703. The van der Waals surface area contributed by atoms with Crippen LogP contribution in [0.25, 0.3) is 38.3 Å². The molecule has 4 aromatic rings. The molecule has 30 heavy (non-hydrogen) atoms. The van der Waals surface area contributed by atoms with Crippen molar-refractivity contribution in [3.05, 3.63) is 70.1 Å². The molecule has 0 unspecified atom stereocenters. The van der Waals surface area contributed by atoms with Crippen LogP contribution in [-0.2, 0) is 4.79 Å². The third-order valence-electron chi connectivity index (χ3n) is 5.08. The second kappa shape index (κ2) is 7.50. The number of aromatic nitrogens is 2. The largest absolute Gasteiger partial charge is 0.337 e. The first kappa shape index (κ1) is 19.2. The molecule has 5 rings (SSSR count). The van der Waals surface area contributed by atoms with Crippen molar-refractivity contribution in [2.45, 2.75) is 13.8 Å². The molecule has 3 heterocycles. The second-order valence-electron chi connectivity index (χ2n) is 7.18. The van der Waals surface area contributed by atoms with Crippen molar-refractivity contribution in [2.24, 2.45) is 0 Å². The van der Waals surface area contributed by atoms with Gasteiger partial charge in [0.25, 0.3) is 5.91 Å². The molecule has 1 fully saturated rings. The molecule has 2 aromatic carbocycles. The number of nitrogens with zero attached hydrogens (tertiary/aromatic N) is 1. The summed E-state index contributed by atoms with van der Waals surface area (Å²) in [4.78, 5) is 23.0. The minimum atomic E-state index is -0.148. The topological polar surface area (TPSA) is 57.8 Å². The van der Waals surface area contributed by atoms with Gasteiger partial charge in [-0.2, -0.15) is 0 Å².